The van der Waals surface area contributed by atoms with E-state index in [9.17, 15) is 15.0 Å². The third-order valence-electron chi connectivity index (χ3n) is 17.0. The molecule has 15 atom stereocenters. The monoisotopic (exact) mass is 688 g/mol. The number of rotatable bonds is 7. The van der Waals surface area contributed by atoms with Crippen molar-refractivity contribution in [2.45, 2.75) is 164 Å². The summed E-state index contributed by atoms with van der Waals surface area (Å²) in [6, 6.07) is 0. The second kappa shape index (κ2) is 11.9. The van der Waals surface area contributed by atoms with Gasteiger partial charge in [0.1, 0.15) is 6.10 Å². The molecule has 2 heterocycles. The summed E-state index contributed by atoms with van der Waals surface area (Å²) in [6.07, 6.45) is 5.94. The number of fused-ring (bicyclic) bond motifs is 4. The summed E-state index contributed by atoms with van der Waals surface area (Å²) < 4.78 is 26.1. The van der Waals surface area contributed by atoms with Gasteiger partial charge >= 0.3 is 0 Å². The maximum atomic E-state index is 12.8. The van der Waals surface area contributed by atoms with Gasteiger partial charge in [0.25, 0.3) is 0 Å². The fourth-order valence-corrected chi connectivity index (χ4v) is 14.9. The van der Waals surface area contributed by atoms with Crippen LogP contribution in [-0.4, -0.2) is 89.7 Å². The molecule has 8 heteroatoms. The van der Waals surface area contributed by atoms with E-state index < -0.39 is 17.8 Å². The Labute approximate surface area is 296 Å². The Morgan fingerprint density at radius 2 is 1.69 bits per heavy atom. The number of hydrogen-bond acceptors (Lipinski definition) is 7. The van der Waals surface area contributed by atoms with Gasteiger partial charge in [0.2, 0.25) is 5.91 Å². The maximum Gasteiger partial charge on any atom is 0.225 e. The van der Waals surface area contributed by atoms with Crippen molar-refractivity contribution in [2.75, 3.05) is 26.3 Å². The van der Waals surface area contributed by atoms with Crippen molar-refractivity contribution in [3.05, 3.63) is 0 Å². The fourth-order valence-electron chi connectivity index (χ4n) is 14.9. The zero-order valence-corrected chi connectivity index (χ0v) is 32.6. The Bertz CT molecular complexity index is 1280. The molecule has 2 saturated heterocycles. The molecule has 7 fully saturated rings. The molecule has 15 unspecified atom stereocenters. The number of nitrogens with zero attached hydrogens (tertiary/aromatic N) is 1. The fraction of sp³-hybridized carbons (Fsp3) is 0.976. The zero-order valence-electron chi connectivity index (χ0n) is 32.6. The van der Waals surface area contributed by atoms with Gasteiger partial charge in [0.15, 0.2) is 6.29 Å². The Kier molecular flexibility index (Phi) is 8.86. The van der Waals surface area contributed by atoms with E-state index in [1.54, 1.807) is 0 Å². The van der Waals surface area contributed by atoms with Gasteiger partial charge < -0.3 is 34.1 Å². The van der Waals surface area contributed by atoms with Crippen LogP contribution >= 0.6 is 0 Å². The number of aliphatic hydroxyl groups is 2. The minimum atomic E-state index is -1.03. The lowest BCUT2D eigenvalue weighted by atomic mass is 9.41. The molecule has 2 N–H and O–H groups in total. The lowest BCUT2D eigenvalue weighted by Crippen LogP contribution is -2.60. The molecule has 8 nitrogen and oxygen atoms in total. The van der Waals surface area contributed by atoms with E-state index in [0.717, 1.165) is 38.5 Å². The van der Waals surface area contributed by atoms with Crippen molar-refractivity contribution < 1.29 is 34.0 Å². The minimum Gasteiger partial charge on any atom is -0.390 e. The van der Waals surface area contributed by atoms with Crippen LogP contribution in [0, 0.1) is 62.6 Å². The van der Waals surface area contributed by atoms with Gasteiger partial charge in [-0.25, -0.2) is 0 Å². The van der Waals surface area contributed by atoms with Crippen molar-refractivity contribution in [2.24, 2.45) is 62.6 Å². The largest absolute Gasteiger partial charge is 0.390 e. The predicted molar refractivity (Wildman–Crippen MR) is 188 cm³/mol. The Balaban J connectivity index is 1.14. The molecule has 2 aliphatic heterocycles. The van der Waals surface area contributed by atoms with Gasteiger partial charge in [-0.15, -0.1) is 0 Å². The molecule has 1 amide bonds. The van der Waals surface area contributed by atoms with Crippen LogP contribution in [-0.2, 0) is 23.7 Å². The summed E-state index contributed by atoms with van der Waals surface area (Å²) in [6.45, 7) is 26.5. The van der Waals surface area contributed by atoms with Crippen LogP contribution < -0.4 is 0 Å². The van der Waals surface area contributed by atoms with E-state index in [1.807, 2.05) is 39.5 Å². The van der Waals surface area contributed by atoms with Crippen LogP contribution in [0.1, 0.15) is 121 Å². The average Bonchev–Trinajstić information content (AvgIpc) is 3.50. The first kappa shape index (κ1) is 36.6. The number of morpholine rings is 1. The minimum absolute atomic E-state index is 0.0169. The molecule has 7 aliphatic rings. The van der Waals surface area contributed by atoms with E-state index >= 15 is 0 Å². The molecule has 2 spiro atoms. The van der Waals surface area contributed by atoms with Crippen LogP contribution in [0.4, 0.5) is 0 Å². The summed E-state index contributed by atoms with van der Waals surface area (Å²) in [5.74, 6) is 2.42. The summed E-state index contributed by atoms with van der Waals surface area (Å²) >= 11 is 0. The zero-order chi connectivity index (χ0) is 35.7. The molecule has 5 saturated carbocycles. The van der Waals surface area contributed by atoms with Crippen molar-refractivity contribution in [3.8, 4) is 0 Å². The second-order valence-corrected chi connectivity index (χ2v) is 19.8. The number of hydrogen-bond donors (Lipinski definition) is 2. The molecular weight excluding hydrogens is 618 g/mol. The Hall–Kier alpha value is -0.770. The average molecular weight is 688 g/mol. The number of aliphatic hydroxyl groups excluding tert-OH is 1. The lowest BCUT2D eigenvalue weighted by molar-refractivity contribution is -0.248. The number of carbonyl (C=O) groups excluding carboxylic acids is 1. The summed E-state index contributed by atoms with van der Waals surface area (Å²) in [4.78, 5) is 14.7. The topological polar surface area (TPSA) is 97.7 Å². The number of ether oxygens (including phenoxy) is 4. The van der Waals surface area contributed by atoms with Gasteiger partial charge in [-0.2, -0.15) is 0 Å². The van der Waals surface area contributed by atoms with Crippen LogP contribution in [0.5, 0.6) is 0 Å². The molecular formula is C41H69NO7. The summed E-state index contributed by atoms with van der Waals surface area (Å²) in [5.41, 5.74) is -0.820. The molecule has 49 heavy (non-hydrogen) atoms. The first-order valence-electron chi connectivity index (χ1n) is 20.1. The highest BCUT2D eigenvalue weighted by Crippen LogP contribution is 2.91. The van der Waals surface area contributed by atoms with Crippen molar-refractivity contribution in [1.29, 1.82) is 0 Å². The standard InChI is InChI=1S/C41H69NO7/c1-12-46-34(37(8,9)45)26-21-24(4)31-32(48-26)33(43)39(11)28-14-13-27-36(6,7)29(49-30-22-42(19-20-47-30)35(44)23(2)3)15-16-40(27)25(5)41(28,40)18-17-38(31,39)10/h23-34,43,45H,12-22H2,1-11H3. The molecule has 0 aromatic carbocycles. The molecule has 0 radical (unpaired) electrons. The van der Waals surface area contributed by atoms with Crippen molar-refractivity contribution in [3.63, 3.8) is 0 Å². The molecule has 7 rings (SSSR count). The van der Waals surface area contributed by atoms with Crippen LogP contribution in [0.25, 0.3) is 0 Å². The summed E-state index contributed by atoms with van der Waals surface area (Å²) in [5, 5.41) is 23.8. The van der Waals surface area contributed by atoms with Crippen LogP contribution in [0.3, 0.4) is 0 Å². The van der Waals surface area contributed by atoms with E-state index in [2.05, 4.69) is 41.5 Å². The van der Waals surface area contributed by atoms with E-state index in [1.165, 1.54) is 6.42 Å². The van der Waals surface area contributed by atoms with Crippen molar-refractivity contribution >= 4 is 5.91 Å². The van der Waals surface area contributed by atoms with E-state index in [4.69, 9.17) is 18.9 Å². The van der Waals surface area contributed by atoms with E-state index in [0.29, 0.717) is 50.0 Å². The van der Waals surface area contributed by atoms with Gasteiger partial charge in [0.05, 0.1) is 43.2 Å². The molecule has 5 aliphatic carbocycles. The smallest absolute Gasteiger partial charge is 0.225 e. The first-order chi connectivity index (χ1) is 22.8. The number of amides is 1. The highest BCUT2D eigenvalue weighted by molar-refractivity contribution is 5.78. The predicted octanol–water partition coefficient (Wildman–Crippen LogP) is 6.45. The summed E-state index contributed by atoms with van der Waals surface area (Å²) in [7, 11) is 0. The van der Waals surface area contributed by atoms with E-state index in [-0.39, 0.29) is 69.4 Å². The van der Waals surface area contributed by atoms with Gasteiger partial charge in [0, 0.05) is 24.5 Å². The third kappa shape index (κ3) is 4.78. The van der Waals surface area contributed by atoms with Gasteiger partial charge in [-0.3, -0.25) is 4.79 Å². The molecule has 0 aromatic heterocycles. The van der Waals surface area contributed by atoms with Gasteiger partial charge in [-0.05, 0) is 117 Å². The van der Waals surface area contributed by atoms with Crippen LogP contribution in [0.15, 0.2) is 0 Å². The van der Waals surface area contributed by atoms with Gasteiger partial charge in [-0.1, -0.05) is 55.4 Å². The van der Waals surface area contributed by atoms with Crippen LogP contribution in [0.2, 0.25) is 0 Å². The lowest BCUT2D eigenvalue weighted by Gasteiger charge is -2.63. The van der Waals surface area contributed by atoms with Crippen molar-refractivity contribution in [1.82, 2.24) is 4.90 Å². The molecule has 280 valence electrons. The molecule has 0 aromatic rings. The Morgan fingerprint density at radius 1 is 1.02 bits per heavy atom. The Morgan fingerprint density at radius 3 is 2.35 bits per heavy atom. The SMILES string of the molecule is CCOC(C1CC(C)C2C(O1)C(O)C1(C)C3CCC4C(C)(C)C(OC5CN(C(=O)C(C)C)CCO5)CCC45C(C)C35CCC21C)C(C)(C)O. The maximum absolute atomic E-state index is 12.8. The first-order valence-corrected chi connectivity index (χ1v) is 20.1. The highest BCUT2D eigenvalue weighted by atomic mass is 16.7. The highest BCUT2D eigenvalue weighted by Gasteiger charge is 2.88. The third-order valence-corrected chi connectivity index (χ3v) is 17.0. The molecule has 0 bridgehead atoms. The normalized spacial score (nSPS) is 50.9. The quantitative estimate of drug-likeness (QED) is 0.318. The second-order valence-electron chi connectivity index (χ2n) is 19.8. The number of carbonyl (C=O) groups is 1.